The SMILES string of the molecule is CN(Cc1cccc(Cl)c1)C(=O)Nc1cccc(NC(=O)c2cccs2)c1. The van der Waals surface area contributed by atoms with Crippen LogP contribution < -0.4 is 10.6 Å². The minimum Gasteiger partial charge on any atom is -0.323 e. The van der Waals surface area contributed by atoms with Gasteiger partial charge < -0.3 is 15.5 Å². The molecular formula is C20H18ClN3O2S. The smallest absolute Gasteiger partial charge is 0.321 e. The van der Waals surface area contributed by atoms with Gasteiger partial charge in [-0.25, -0.2) is 4.79 Å². The van der Waals surface area contributed by atoms with E-state index in [2.05, 4.69) is 10.6 Å². The summed E-state index contributed by atoms with van der Waals surface area (Å²) in [5.74, 6) is -0.174. The Bertz CT molecular complexity index is 944. The Morgan fingerprint density at radius 1 is 1.00 bits per heavy atom. The molecule has 2 aromatic carbocycles. The molecule has 3 aromatic rings. The zero-order valence-electron chi connectivity index (χ0n) is 14.6. The third kappa shape index (κ3) is 5.32. The van der Waals surface area contributed by atoms with E-state index in [1.165, 1.54) is 11.3 Å². The largest absolute Gasteiger partial charge is 0.323 e. The third-order valence-electron chi connectivity index (χ3n) is 3.77. The summed E-state index contributed by atoms with van der Waals surface area (Å²) in [7, 11) is 1.71. The first-order valence-electron chi connectivity index (χ1n) is 8.23. The lowest BCUT2D eigenvalue weighted by Crippen LogP contribution is -2.30. The second-order valence-corrected chi connectivity index (χ2v) is 7.31. The van der Waals surface area contributed by atoms with Gasteiger partial charge in [0.05, 0.1) is 4.88 Å². The number of thiophene rings is 1. The number of carbonyl (C=O) groups is 2. The van der Waals surface area contributed by atoms with Gasteiger partial charge in [-0.3, -0.25) is 4.79 Å². The molecule has 1 heterocycles. The number of amides is 3. The Kier molecular flexibility index (Phi) is 6.11. The standard InChI is InChI=1S/C20H18ClN3O2S/c1-24(13-14-5-2-6-15(21)11-14)20(26)23-17-8-3-7-16(12-17)22-19(25)18-9-4-10-27-18/h2-12H,13H2,1H3,(H,22,25)(H,23,26). The number of urea groups is 1. The fourth-order valence-electron chi connectivity index (χ4n) is 2.48. The van der Waals surface area contributed by atoms with Gasteiger partial charge in [0.25, 0.3) is 5.91 Å². The first-order chi connectivity index (χ1) is 13.0. The van der Waals surface area contributed by atoms with E-state index in [0.717, 1.165) is 5.56 Å². The van der Waals surface area contributed by atoms with E-state index < -0.39 is 0 Å². The number of hydrogen-bond donors (Lipinski definition) is 2. The maximum atomic E-state index is 12.4. The number of hydrogen-bond acceptors (Lipinski definition) is 3. The molecule has 138 valence electrons. The van der Waals surface area contributed by atoms with Crippen LogP contribution in [0.2, 0.25) is 5.02 Å². The lowest BCUT2D eigenvalue weighted by Gasteiger charge is -2.18. The lowest BCUT2D eigenvalue weighted by atomic mass is 10.2. The van der Waals surface area contributed by atoms with E-state index in [1.54, 1.807) is 48.3 Å². The molecule has 27 heavy (non-hydrogen) atoms. The summed E-state index contributed by atoms with van der Waals surface area (Å²) >= 11 is 7.35. The zero-order valence-corrected chi connectivity index (χ0v) is 16.2. The highest BCUT2D eigenvalue weighted by Gasteiger charge is 2.11. The van der Waals surface area contributed by atoms with Crippen LogP contribution in [0.15, 0.2) is 66.0 Å². The predicted octanol–water partition coefficient (Wildman–Crippen LogP) is 5.32. The van der Waals surface area contributed by atoms with Gasteiger partial charge >= 0.3 is 6.03 Å². The number of nitrogens with zero attached hydrogens (tertiary/aromatic N) is 1. The van der Waals surface area contributed by atoms with Crippen LogP contribution in [0.1, 0.15) is 15.2 Å². The van der Waals surface area contributed by atoms with Crippen molar-refractivity contribution in [2.75, 3.05) is 17.7 Å². The van der Waals surface area contributed by atoms with Crippen molar-refractivity contribution >= 4 is 46.3 Å². The summed E-state index contributed by atoms with van der Waals surface area (Å²) in [4.78, 5) is 26.7. The van der Waals surface area contributed by atoms with Crippen LogP contribution in [-0.4, -0.2) is 23.9 Å². The van der Waals surface area contributed by atoms with Gasteiger partial charge in [0.15, 0.2) is 0 Å². The maximum Gasteiger partial charge on any atom is 0.321 e. The first-order valence-corrected chi connectivity index (χ1v) is 9.48. The molecule has 3 amide bonds. The predicted molar refractivity (Wildman–Crippen MR) is 111 cm³/mol. The highest BCUT2D eigenvalue weighted by molar-refractivity contribution is 7.12. The van der Waals surface area contributed by atoms with Crippen molar-refractivity contribution in [1.29, 1.82) is 0 Å². The van der Waals surface area contributed by atoms with Gasteiger partial charge in [-0.15, -0.1) is 11.3 Å². The molecule has 0 bridgehead atoms. The van der Waals surface area contributed by atoms with Crippen LogP contribution in [0.3, 0.4) is 0 Å². The molecule has 2 N–H and O–H groups in total. The second kappa shape index (κ2) is 8.70. The van der Waals surface area contributed by atoms with Crippen molar-refractivity contribution in [2.24, 2.45) is 0 Å². The Balaban J connectivity index is 1.61. The Morgan fingerprint density at radius 3 is 2.44 bits per heavy atom. The number of carbonyl (C=O) groups excluding carboxylic acids is 2. The number of benzene rings is 2. The Labute approximate surface area is 166 Å². The zero-order chi connectivity index (χ0) is 19.2. The van der Waals surface area contributed by atoms with Gasteiger partial charge in [0.2, 0.25) is 0 Å². The van der Waals surface area contributed by atoms with Crippen molar-refractivity contribution in [3.63, 3.8) is 0 Å². The average molecular weight is 400 g/mol. The topological polar surface area (TPSA) is 61.4 Å². The first kappa shape index (κ1) is 18.9. The molecule has 1 aromatic heterocycles. The van der Waals surface area contributed by atoms with Crippen molar-refractivity contribution in [3.8, 4) is 0 Å². The van der Waals surface area contributed by atoms with Crippen molar-refractivity contribution < 1.29 is 9.59 Å². The highest BCUT2D eigenvalue weighted by Crippen LogP contribution is 2.18. The summed E-state index contributed by atoms with van der Waals surface area (Å²) in [6.07, 6.45) is 0. The molecule has 0 unspecified atom stereocenters. The van der Waals surface area contributed by atoms with E-state index >= 15 is 0 Å². The molecule has 5 nitrogen and oxygen atoms in total. The fourth-order valence-corrected chi connectivity index (χ4v) is 3.31. The minimum absolute atomic E-state index is 0.174. The number of anilines is 2. The summed E-state index contributed by atoms with van der Waals surface area (Å²) in [6.45, 7) is 0.432. The van der Waals surface area contributed by atoms with E-state index in [1.807, 2.05) is 29.6 Å². The van der Waals surface area contributed by atoms with E-state index in [0.29, 0.717) is 27.8 Å². The normalized spacial score (nSPS) is 10.3. The molecule has 0 aliphatic carbocycles. The van der Waals surface area contributed by atoms with Crippen LogP contribution in [0.25, 0.3) is 0 Å². The van der Waals surface area contributed by atoms with Gasteiger partial charge in [-0.05, 0) is 47.3 Å². The number of halogens is 1. The van der Waals surface area contributed by atoms with E-state index in [9.17, 15) is 9.59 Å². The van der Waals surface area contributed by atoms with Gasteiger partial charge in [-0.2, -0.15) is 0 Å². The summed E-state index contributed by atoms with van der Waals surface area (Å²) in [5, 5.41) is 8.14. The molecule has 0 saturated carbocycles. The van der Waals surface area contributed by atoms with Gasteiger partial charge in [-0.1, -0.05) is 35.9 Å². The van der Waals surface area contributed by atoms with Crippen LogP contribution in [0.4, 0.5) is 16.2 Å². The maximum absolute atomic E-state index is 12.4. The van der Waals surface area contributed by atoms with Crippen LogP contribution >= 0.6 is 22.9 Å². The van der Waals surface area contributed by atoms with E-state index in [-0.39, 0.29) is 11.9 Å². The van der Waals surface area contributed by atoms with Gasteiger partial charge in [0.1, 0.15) is 0 Å². The fraction of sp³-hybridized carbons (Fsp3) is 0.100. The van der Waals surface area contributed by atoms with Crippen molar-refractivity contribution in [3.05, 3.63) is 81.5 Å². The summed E-state index contributed by atoms with van der Waals surface area (Å²) < 4.78 is 0. The highest BCUT2D eigenvalue weighted by atomic mass is 35.5. The minimum atomic E-state index is -0.253. The number of nitrogens with one attached hydrogen (secondary N) is 2. The van der Waals surface area contributed by atoms with Crippen molar-refractivity contribution in [1.82, 2.24) is 4.90 Å². The van der Waals surface area contributed by atoms with Gasteiger partial charge in [0, 0.05) is 30.0 Å². The van der Waals surface area contributed by atoms with Crippen LogP contribution in [0.5, 0.6) is 0 Å². The van der Waals surface area contributed by atoms with E-state index in [4.69, 9.17) is 11.6 Å². The molecule has 0 atom stereocenters. The summed E-state index contributed by atoms with van der Waals surface area (Å²) in [5.41, 5.74) is 2.16. The molecule has 7 heteroatoms. The molecule has 0 spiro atoms. The molecule has 0 aliphatic heterocycles. The number of rotatable bonds is 5. The second-order valence-electron chi connectivity index (χ2n) is 5.93. The molecule has 3 rings (SSSR count). The third-order valence-corrected chi connectivity index (χ3v) is 4.88. The van der Waals surface area contributed by atoms with Crippen molar-refractivity contribution in [2.45, 2.75) is 6.54 Å². The molecule has 0 radical (unpaired) electrons. The van der Waals surface area contributed by atoms with Crippen LogP contribution in [-0.2, 0) is 6.54 Å². The molecule has 0 aliphatic rings. The Hall–Kier alpha value is -2.83. The molecule has 0 saturated heterocycles. The average Bonchev–Trinajstić information content (AvgIpc) is 3.17. The summed E-state index contributed by atoms with van der Waals surface area (Å²) in [6, 6.07) is 17.8. The molecule has 0 fully saturated rings. The lowest BCUT2D eigenvalue weighted by molar-refractivity contribution is 0.103. The van der Waals surface area contributed by atoms with Crippen LogP contribution in [0, 0.1) is 0 Å². The quantitative estimate of drug-likeness (QED) is 0.610. The Morgan fingerprint density at radius 2 is 1.74 bits per heavy atom. The monoisotopic (exact) mass is 399 g/mol. The molecular weight excluding hydrogens is 382 g/mol.